The summed E-state index contributed by atoms with van der Waals surface area (Å²) in [6, 6.07) is 8.52. The van der Waals surface area contributed by atoms with Gasteiger partial charge in [0.1, 0.15) is 12.1 Å². The van der Waals surface area contributed by atoms with Crippen molar-refractivity contribution >= 4 is 23.5 Å². The summed E-state index contributed by atoms with van der Waals surface area (Å²) in [7, 11) is 1.83. The van der Waals surface area contributed by atoms with E-state index in [4.69, 9.17) is 0 Å². The van der Waals surface area contributed by atoms with Gasteiger partial charge in [-0.2, -0.15) is 13.2 Å². The molecule has 0 aliphatic carbocycles. The van der Waals surface area contributed by atoms with E-state index < -0.39 is 17.6 Å². The second kappa shape index (κ2) is 8.01. The van der Waals surface area contributed by atoms with Crippen LogP contribution in [0.5, 0.6) is 0 Å². The van der Waals surface area contributed by atoms with E-state index in [1.165, 1.54) is 11.8 Å². The molecule has 0 saturated heterocycles. The lowest BCUT2D eigenvalue weighted by atomic mass is 10.1. The quantitative estimate of drug-likeness (QED) is 0.637. The summed E-state index contributed by atoms with van der Waals surface area (Å²) in [5, 5.41) is 11.0. The third-order valence-corrected chi connectivity index (χ3v) is 5.11. The summed E-state index contributed by atoms with van der Waals surface area (Å²) in [4.78, 5) is 16.2. The van der Waals surface area contributed by atoms with E-state index in [2.05, 4.69) is 20.5 Å². The minimum atomic E-state index is -4.51. The summed E-state index contributed by atoms with van der Waals surface area (Å²) in [5.41, 5.74) is 0.319. The molecule has 0 bridgehead atoms. The topological polar surface area (TPSA) is 72.7 Å². The van der Waals surface area contributed by atoms with Gasteiger partial charge in [-0.1, -0.05) is 23.9 Å². The van der Waals surface area contributed by atoms with Crippen molar-refractivity contribution in [2.75, 3.05) is 5.32 Å². The van der Waals surface area contributed by atoms with Gasteiger partial charge in [0.05, 0.1) is 5.56 Å². The number of nitrogens with one attached hydrogen (secondary N) is 1. The van der Waals surface area contributed by atoms with Crippen molar-refractivity contribution in [1.82, 2.24) is 19.7 Å². The number of aryl methyl sites for hydroxylation is 1. The molecule has 3 aromatic rings. The summed E-state index contributed by atoms with van der Waals surface area (Å²) in [5.74, 6) is -0.698. The lowest BCUT2D eigenvalue weighted by molar-refractivity contribution is -0.137. The van der Waals surface area contributed by atoms with Crippen molar-refractivity contribution in [3.8, 4) is 0 Å². The van der Waals surface area contributed by atoms with Crippen LogP contribution in [0.1, 0.15) is 33.7 Å². The van der Waals surface area contributed by atoms with Gasteiger partial charge in [-0.15, -0.1) is 10.2 Å². The van der Waals surface area contributed by atoms with Crippen molar-refractivity contribution in [3.63, 3.8) is 0 Å². The highest BCUT2D eigenvalue weighted by Gasteiger charge is 2.30. The van der Waals surface area contributed by atoms with E-state index in [1.807, 2.05) is 20.0 Å². The second-order valence-electron chi connectivity index (χ2n) is 5.99. The number of hydrogen-bond donors (Lipinski definition) is 1. The SMILES string of the molecule is C[C@H](Sc1nncn1C)c1cccc(C(=O)Nc2cc(C(F)(F)F)ccn2)c1. The Kier molecular flexibility index (Phi) is 5.68. The molecular weight excluding hydrogens is 391 g/mol. The van der Waals surface area contributed by atoms with E-state index in [0.717, 1.165) is 29.0 Å². The van der Waals surface area contributed by atoms with Gasteiger partial charge in [0.25, 0.3) is 5.91 Å². The Labute approximate surface area is 163 Å². The van der Waals surface area contributed by atoms with Crippen LogP contribution in [-0.2, 0) is 13.2 Å². The zero-order valence-corrected chi connectivity index (χ0v) is 15.8. The van der Waals surface area contributed by atoms with Gasteiger partial charge in [-0.05, 0) is 36.8 Å². The molecular formula is C18H16F3N5OS. The molecule has 2 aromatic heterocycles. The monoisotopic (exact) mass is 407 g/mol. The standard InChI is InChI=1S/C18H16F3N5OS/c1-11(28-17-25-23-10-26(17)2)12-4-3-5-13(8-12)16(27)24-15-9-14(6-7-22-15)18(19,20)21/h3-11H,1-2H3,(H,22,24,27)/t11-/m0/s1. The average molecular weight is 407 g/mol. The molecule has 0 spiro atoms. The Morgan fingerprint density at radius 1 is 1.25 bits per heavy atom. The average Bonchev–Trinajstić information content (AvgIpc) is 3.06. The summed E-state index contributed by atoms with van der Waals surface area (Å²) in [6.45, 7) is 1.96. The number of alkyl halides is 3. The predicted molar refractivity (Wildman–Crippen MR) is 98.9 cm³/mol. The van der Waals surface area contributed by atoms with Crippen LogP contribution >= 0.6 is 11.8 Å². The Morgan fingerprint density at radius 2 is 2.04 bits per heavy atom. The van der Waals surface area contributed by atoms with Gasteiger partial charge in [0.15, 0.2) is 5.16 Å². The lowest BCUT2D eigenvalue weighted by Crippen LogP contribution is -2.14. The van der Waals surface area contributed by atoms with Gasteiger partial charge in [0.2, 0.25) is 0 Å². The number of aromatic nitrogens is 4. The van der Waals surface area contributed by atoms with Crippen LogP contribution in [0, 0.1) is 0 Å². The molecule has 28 heavy (non-hydrogen) atoms. The maximum absolute atomic E-state index is 12.8. The maximum Gasteiger partial charge on any atom is 0.416 e. The van der Waals surface area contributed by atoms with Crippen molar-refractivity contribution < 1.29 is 18.0 Å². The van der Waals surface area contributed by atoms with Crippen LogP contribution in [0.4, 0.5) is 19.0 Å². The predicted octanol–water partition coefficient (Wildman–Crippen LogP) is 4.33. The molecule has 146 valence electrons. The Balaban J connectivity index is 1.74. The molecule has 0 aliphatic rings. The summed E-state index contributed by atoms with van der Waals surface area (Å²) >= 11 is 1.48. The maximum atomic E-state index is 12.8. The molecule has 6 nitrogen and oxygen atoms in total. The number of thioether (sulfide) groups is 1. The third kappa shape index (κ3) is 4.69. The first-order chi connectivity index (χ1) is 13.2. The van der Waals surface area contributed by atoms with E-state index in [1.54, 1.807) is 29.1 Å². The third-order valence-electron chi connectivity index (χ3n) is 3.90. The minimum absolute atomic E-state index is 0.0117. The number of nitrogens with zero attached hydrogens (tertiary/aromatic N) is 4. The Bertz CT molecular complexity index is 989. The normalized spacial score (nSPS) is 12.6. The highest BCUT2D eigenvalue weighted by molar-refractivity contribution is 7.99. The van der Waals surface area contributed by atoms with Crippen molar-refractivity contribution in [3.05, 3.63) is 65.6 Å². The molecule has 10 heteroatoms. The minimum Gasteiger partial charge on any atom is -0.312 e. The molecule has 1 atom stereocenters. The molecule has 0 radical (unpaired) electrons. The van der Waals surface area contributed by atoms with Crippen molar-refractivity contribution in [1.29, 1.82) is 0 Å². The number of carbonyl (C=O) groups is 1. The summed E-state index contributed by atoms with van der Waals surface area (Å²) < 4.78 is 40.2. The fourth-order valence-electron chi connectivity index (χ4n) is 2.40. The van der Waals surface area contributed by atoms with Gasteiger partial charge < -0.3 is 9.88 Å². The zero-order chi connectivity index (χ0) is 20.3. The van der Waals surface area contributed by atoms with E-state index >= 15 is 0 Å². The number of halogens is 3. The first kappa shape index (κ1) is 19.9. The summed E-state index contributed by atoms with van der Waals surface area (Å²) in [6.07, 6.45) is -1.90. The van der Waals surface area contributed by atoms with Crippen molar-refractivity contribution in [2.45, 2.75) is 23.5 Å². The highest BCUT2D eigenvalue weighted by Crippen LogP contribution is 2.33. The molecule has 0 saturated carbocycles. The van der Waals surface area contributed by atoms with Crippen LogP contribution in [0.15, 0.2) is 54.1 Å². The van der Waals surface area contributed by atoms with Crippen LogP contribution in [0.3, 0.4) is 0 Å². The van der Waals surface area contributed by atoms with E-state index in [9.17, 15) is 18.0 Å². The first-order valence-electron chi connectivity index (χ1n) is 8.19. The fraction of sp³-hybridized carbons (Fsp3) is 0.222. The van der Waals surface area contributed by atoms with Gasteiger partial charge in [-0.3, -0.25) is 4.79 Å². The largest absolute Gasteiger partial charge is 0.416 e. The van der Waals surface area contributed by atoms with Crippen LogP contribution in [-0.4, -0.2) is 25.7 Å². The highest BCUT2D eigenvalue weighted by atomic mass is 32.2. The second-order valence-corrected chi connectivity index (χ2v) is 7.30. The molecule has 0 fully saturated rings. The number of benzene rings is 1. The van der Waals surface area contributed by atoms with Crippen LogP contribution in [0.2, 0.25) is 0 Å². The van der Waals surface area contributed by atoms with Crippen LogP contribution < -0.4 is 5.32 Å². The lowest BCUT2D eigenvalue weighted by Gasteiger charge is -2.13. The number of anilines is 1. The number of carbonyl (C=O) groups excluding carboxylic acids is 1. The molecule has 1 N–H and O–H groups in total. The van der Waals surface area contributed by atoms with Gasteiger partial charge in [-0.25, -0.2) is 4.98 Å². The van der Waals surface area contributed by atoms with E-state index in [0.29, 0.717) is 5.56 Å². The zero-order valence-electron chi connectivity index (χ0n) is 14.9. The molecule has 0 unspecified atom stereocenters. The molecule has 2 heterocycles. The molecule has 0 aliphatic heterocycles. The number of hydrogen-bond acceptors (Lipinski definition) is 5. The number of pyridine rings is 1. The Hall–Kier alpha value is -2.88. The first-order valence-corrected chi connectivity index (χ1v) is 9.07. The smallest absolute Gasteiger partial charge is 0.312 e. The Morgan fingerprint density at radius 3 is 2.71 bits per heavy atom. The fourth-order valence-corrected chi connectivity index (χ4v) is 3.31. The van der Waals surface area contributed by atoms with Gasteiger partial charge >= 0.3 is 6.18 Å². The van der Waals surface area contributed by atoms with Crippen molar-refractivity contribution in [2.24, 2.45) is 7.05 Å². The molecule has 1 amide bonds. The van der Waals surface area contributed by atoms with Gasteiger partial charge in [0, 0.05) is 24.1 Å². The van der Waals surface area contributed by atoms with Crippen LogP contribution in [0.25, 0.3) is 0 Å². The number of rotatable bonds is 5. The number of amides is 1. The van der Waals surface area contributed by atoms with E-state index in [-0.39, 0.29) is 11.1 Å². The molecule has 1 aromatic carbocycles. The molecule has 3 rings (SSSR count).